The van der Waals surface area contributed by atoms with Gasteiger partial charge in [0, 0.05) is 23.5 Å². The van der Waals surface area contributed by atoms with Crippen molar-refractivity contribution < 1.29 is 28.2 Å². The Balaban J connectivity index is 1.54. The van der Waals surface area contributed by atoms with Gasteiger partial charge < -0.3 is 25.1 Å². The van der Waals surface area contributed by atoms with Gasteiger partial charge in [-0.3, -0.25) is 4.79 Å². The van der Waals surface area contributed by atoms with Crippen LogP contribution in [0.25, 0.3) is 10.9 Å². The Morgan fingerprint density at radius 1 is 1.00 bits per heavy atom. The fourth-order valence-corrected chi connectivity index (χ4v) is 3.72. The van der Waals surface area contributed by atoms with E-state index in [4.69, 9.17) is 4.74 Å². The first kappa shape index (κ1) is 24.5. The van der Waals surface area contributed by atoms with Crippen molar-refractivity contribution >= 4 is 34.6 Å². The van der Waals surface area contributed by atoms with Gasteiger partial charge in [-0.2, -0.15) is 0 Å². The number of hydrogen-bond acceptors (Lipinski definition) is 5. The standard InChI is InChI=1S/C27H24FN3O5/c1-35-26(33)18-11-12-21(28)23(13-18)30-25(32)24(14-19-15-29-22-10-6-5-9-20(19)22)31-27(34)36-16-17-7-3-2-4-8-17/h2-13,15,24,29H,14,16H2,1H3,(H,30,32)(H,31,34)/t24-/m1/s1. The number of esters is 1. The summed E-state index contributed by atoms with van der Waals surface area (Å²) in [7, 11) is 1.20. The Morgan fingerprint density at radius 2 is 1.75 bits per heavy atom. The lowest BCUT2D eigenvalue weighted by Gasteiger charge is -2.19. The first-order chi connectivity index (χ1) is 17.4. The molecule has 0 spiro atoms. The van der Waals surface area contributed by atoms with Gasteiger partial charge in [0.15, 0.2) is 0 Å². The Hall–Kier alpha value is -4.66. The van der Waals surface area contributed by atoms with Crippen molar-refractivity contribution in [2.75, 3.05) is 12.4 Å². The first-order valence-corrected chi connectivity index (χ1v) is 11.2. The maximum Gasteiger partial charge on any atom is 0.408 e. The molecule has 8 nitrogen and oxygen atoms in total. The average molecular weight is 490 g/mol. The van der Waals surface area contributed by atoms with Gasteiger partial charge in [0.25, 0.3) is 0 Å². The van der Waals surface area contributed by atoms with Gasteiger partial charge in [0.2, 0.25) is 5.91 Å². The van der Waals surface area contributed by atoms with Crippen molar-refractivity contribution in [3.05, 3.63) is 102 Å². The molecule has 0 aliphatic heterocycles. The highest BCUT2D eigenvalue weighted by Gasteiger charge is 2.25. The van der Waals surface area contributed by atoms with Crippen LogP contribution in [0.4, 0.5) is 14.9 Å². The summed E-state index contributed by atoms with van der Waals surface area (Å²) in [5.41, 5.74) is 2.28. The zero-order valence-electron chi connectivity index (χ0n) is 19.4. The maximum atomic E-state index is 14.4. The molecule has 9 heteroatoms. The number of H-pyrrole nitrogens is 1. The summed E-state index contributed by atoms with van der Waals surface area (Å²) in [5, 5.41) is 5.93. The van der Waals surface area contributed by atoms with Crippen LogP contribution in [0.2, 0.25) is 0 Å². The zero-order valence-corrected chi connectivity index (χ0v) is 19.4. The van der Waals surface area contributed by atoms with Crippen LogP contribution in [0.3, 0.4) is 0 Å². The lowest BCUT2D eigenvalue weighted by Crippen LogP contribution is -2.45. The molecule has 1 aromatic heterocycles. The monoisotopic (exact) mass is 489 g/mol. The molecule has 4 rings (SSSR count). The number of benzene rings is 3. The number of aromatic nitrogens is 1. The summed E-state index contributed by atoms with van der Waals surface area (Å²) in [6.45, 7) is 0.0178. The van der Waals surface area contributed by atoms with Crippen LogP contribution in [-0.2, 0) is 27.3 Å². The Kier molecular flexibility index (Phi) is 7.60. The molecule has 0 fully saturated rings. The molecule has 0 bridgehead atoms. The lowest BCUT2D eigenvalue weighted by molar-refractivity contribution is -0.118. The van der Waals surface area contributed by atoms with E-state index >= 15 is 0 Å². The molecule has 184 valence electrons. The van der Waals surface area contributed by atoms with E-state index in [-0.39, 0.29) is 24.3 Å². The molecule has 0 unspecified atom stereocenters. The minimum Gasteiger partial charge on any atom is -0.465 e. The van der Waals surface area contributed by atoms with Crippen molar-refractivity contribution in [3.63, 3.8) is 0 Å². The van der Waals surface area contributed by atoms with Gasteiger partial charge in [0.05, 0.1) is 18.4 Å². The summed E-state index contributed by atoms with van der Waals surface area (Å²) < 4.78 is 24.4. The Bertz CT molecular complexity index is 1390. The Morgan fingerprint density at radius 3 is 2.53 bits per heavy atom. The summed E-state index contributed by atoms with van der Waals surface area (Å²) in [6.07, 6.45) is 1.05. The third kappa shape index (κ3) is 5.87. The number of ether oxygens (including phenoxy) is 2. The minimum absolute atomic E-state index is 0.0178. The highest BCUT2D eigenvalue weighted by atomic mass is 19.1. The fourth-order valence-electron chi connectivity index (χ4n) is 3.72. The van der Waals surface area contributed by atoms with E-state index in [2.05, 4.69) is 20.4 Å². The van der Waals surface area contributed by atoms with Crippen LogP contribution in [0.15, 0.2) is 79.0 Å². The van der Waals surface area contributed by atoms with Crippen molar-refractivity contribution in [1.29, 1.82) is 0 Å². The summed E-state index contributed by atoms with van der Waals surface area (Å²) in [5.74, 6) is -2.10. The van der Waals surface area contributed by atoms with Gasteiger partial charge in [-0.25, -0.2) is 14.0 Å². The number of carbonyl (C=O) groups is 3. The van der Waals surface area contributed by atoms with E-state index < -0.39 is 29.8 Å². The third-order valence-corrected chi connectivity index (χ3v) is 5.57. The fraction of sp³-hybridized carbons (Fsp3) is 0.148. The number of carbonyl (C=O) groups excluding carboxylic acids is 3. The molecule has 3 N–H and O–H groups in total. The average Bonchev–Trinajstić information content (AvgIpc) is 3.31. The van der Waals surface area contributed by atoms with Crippen LogP contribution in [0, 0.1) is 5.82 Å². The molecule has 1 heterocycles. The summed E-state index contributed by atoms with van der Waals surface area (Å²) >= 11 is 0. The molecule has 0 saturated carbocycles. The number of halogens is 1. The van der Waals surface area contributed by atoms with E-state index in [9.17, 15) is 18.8 Å². The SMILES string of the molecule is COC(=O)c1ccc(F)c(NC(=O)[C@@H](Cc2c[nH]c3ccccc23)NC(=O)OCc2ccccc2)c1. The van der Waals surface area contributed by atoms with Crippen molar-refractivity contribution in [3.8, 4) is 0 Å². The van der Waals surface area contributed by atoms with Crippen LogP contribution < -0.4 is 10.6 Å². The molecular formula is C27H24FN3O5. The zero-order chi connectivity index (χ0) is 25.5. The van der Waals surface area contributed by atoms with Gasteiger partial charge in [0.1, 0.15) is 18.5 Å². The molecule has 4 aromatic rings. The summed E-state index contributed by atoms with van der Waals surface area (Å²) in [6, 6.07) is 19.0. The molecule has 1 atom stereocenters. The molecule has 3 aromatic carbocycles. The van der Waals surface area contributed by atoms with Gasteiger partial charge >= 0.3 is 12.1 Å². The second-order valence-electron chi connectivity index (χ2n) is 8.00. The number of hydrogen-bond donors (Lipinski definition) is 3. The highest BCUT2D eigenvalue weighted by Crippen LogP contribution is 2.21. The molecule has 0 aliphatic carbocycles. The van der Waals surface area contributed by atoms with Gasteiger partial charge in [-0.15, -0.1) is 0 Å². The molecule has 0 radical (unpaired) electrons. The second kappa shape index (κ2) is 11.2. The van der Waals surface area contributed by atoms with E-state index in [1.54, 1.807) is 18.3 Å². The van der Waals surface area contributed by atoms with Crippen LogP contribution in [0.5, 0.6) is 0 Å². The number of rotatable bonds is 8. The minimum atomic E-state index is -1.10. The number of para-hydroxylation sites is 1. The largest absolute Gasteiger partial charge is 0.465 e. The predicted molar refractivity (Wildman–Crippen MR) is 132 cm³/mol. The molecule has 0 aliphatic rings. The molecular weight excluding hydrogens is 465 g/mol. The van der Waals surface area contributed by atoms with Crippen LogP contribution >= 0.6 is 0 Å². The number of amides is 2. The summed E-state index contributed by atoms with van der Waals surface area (Å²) in [4.78, 5) is 40.7. The van der Waals surface area contributed by atoms with E-state index in [1.807, 2.05) is 42.5 Å². The maximum absolute atomic E-state index is 14.4. The van der Waals surface area contributed by atoms with E-state index in [0.717, 1.165) is 28.1 Å². The number of methoxy groups -OCH3 is 1. The molecule has 2 amide bonds. The number of anilines is 1. The van der Waals surface area contributed by atoms with Crippen molar-refractivity contribution in [2.24, 2.45) is 0 Å². The highest BCUT2D eigenvalue weighted by molar-refractivity contribution is 5.99. The van der Waals surface area contributed by atoms with Crippen molar-refractivity contribution in [1.82, 2.24) is 10.3 Å². The van der Waals surface area contributed by atoms with Crippen molar-refractivity contribution in [2.45, 2.75) is 19.1 Å². The normalized spacial score (nSPS) is 11.5. The smallest absolute Gasteiger partial charge is 0.408 e. The quantitative estimate of drug-likeness (QED) is 0.314. The first-order valence-electron chi connectivity index (χ1n) is 11.2. The predicted octanol–water partition coefficient (Wildman–Crippen LogP) is 4.57. The Labute approximate surface area is 206 Å². The molecule has 36 heavy (non-hydrogen) atoms. The number of fused-ring (bicyclic) bond motifs is 1. The second-order valence-corrected chi connectivity index (χ2v) is 8.00. The van der Waals surface area contributed by atoms with Gasteiger partial charge in [-0.05, 0) is 35.4 Å². The molecule has 0 saturated heterocycles. The number of alkyl carbamates (subject to hydrolysis) is 1. The van der Waals surface area contributed by atoms with Crippen LogP contribution in [-0.4, -0.2) is 36.1 Å². The third-order valence-electron chi connectivity index (χ3n) is 5.57. The lowest BCUT2D eigenvalue weighted by atomic mass is 10.0. The number of nitrogens with one attached hydrogen (secondary N) is 3. The topological polar surface area (TPSA) is 110 Å². The van der Waals surface area contributed by atoms with E-state index in [0.29, 0.717) is 0 Å². The van der Waals surface area contributed by atoms with Crippen LogP contribution in [0.1, 0.15) is 21.5 Å². The van der Waals surface area contributed by atoms with E-state index in [1.165, 1.54) is 19.2 Å². The van der Waals surface area contributed by atoms with Gasteiger partial charge in [-0.1, -0.05) is 48.5 Å². The number of aromatic amines is 1.